The van der Waals surface area contributed by atoms with Gasteiger partial charge in [0, 0.05) is 56.9 Å². The molecule has 4 atom stereocenters. The van der Waals surface area contributed by atoms with Gasteiger partial charge in [0.25, 0.3) is 0 Å². The fourth-order valence-electron chi connectivity index (χ4n) is 3.23. The summed E-state index contributed by atoms with van der Waals surface area (Å²) < 4.78 is 1.72. The molecule has 2 rings (SSSR count). The quantitative estimate of drug-likeness (QED) is 0.0611. The Morgan fingerprint density at radius 1 is 0.900 bits per heavy atom. The molecule has 284 valence electrons. The number of aliphatic carboxylic acids is 4. The number of nitrogens with one attached hydrogen (secondary N) is 2. The molecule has 20 nitrogen and oxygen atoms in total. The van der Waals surface area contributed by atoms with E-state index in [-0.39, 0.29) is 44.0 Å². The third-order valence-corrected chi connectivity index (χ3v) is 8.25. The molecule has 1 aromatic heterocycles. The monoisotopic (exact) mass is 846 g/mol. The maximum Gasteiger partial charge on any atom is 0.326 e. The van der Waals surface area contributed by atoms with Crippen molar-refractivity contribution < 1.29 is 49.2 Å². The maximum absolute atomic E-state index is 11.5. The minimum absolute atomic E-state index is 0.118. The van der Waals surface area contributed by atoms with Gasteiger partial charge < -0.3 is 36.9 Å². The van der Waals surface area contributed by atoms with Crippen LogP contribution in [-0.4, -0.2) is 152 Å². The average molecular weight is 845 g/mol. The van der Waals surface area contributed by atoms with Crippen LogP contribution >= 0.6 is 0 Å². The van der Waals surface area contributed by atoms with Crippen molar-refractivity contribution in [3.05, 3.63) is 18.2 Å². The molecule has 0 spiro atoms. The van der Waals surface area contributed by atoms with Gasteiger partial charge in [-0.05, 0) is 13.0 Å². The molecule has 22 heteroatoms. The topological polar surface area (TPSA) is 354 Å². The summed E-state index contributed by atoms with van der Waals surface area (Å²) in [6.45, 7) is 1.01. The number of carboxylic acid groups (broad SMARTS) is 4. The predicted octanol–water partition coefficient (Wildman–Crippen LogP) is -3.28. The molecule has 2 heterocycles. The van der Waals surface area contributed by atoms with E-state index in [2.05, 4.69) is 47.4 Å². The zero-order chi connectivity index (χ0) is 38.6. The third-order valence-electron chi connectivity index (χ3n) is 6.08. The number of nitrogens with zero attached hydrogens (tertiary/aromatic N) is 4. The molecule has 2 amide bonds. The number of rotatable bonds is 19. The standard InChI is InChI=1S/C11H18N4O3.C9H14N4O3.C5H11NO2Se.C3H7NO2Se/c1-15-7-13-6-8(15)5-9(11(17)18)14-10(16)3-2-4-12;10-2-1-8(14)13-7(9(15)16)3-6-4-11-5-12-6;1-9-3-2-4(6)5(7)8;4-2(1-7)3(5)6/h6-7,9H,2-5,12H2,1H3,(H,14,16)(H,17,18);5,7H,1-4,10H2,(H,13,14)(H,15,16);4H,2-3,6H2,1H3,(H,7,8);2,7H,1,4H2,(H,5,6)/t;7-;;/m.1../s1. The number of aromatic nitrogens is 2. The van der Waals surface area contributed by atoms with E-state index >= 15 is 0 Å². The average Bonchev–Trinajstić information content (AvgIpc) is 3.73. The van der Waals surface area contributed by atoms with Gasteiger partial charge in [-0.3, -0.25) is 14.6 Å². The minimum atomic E-state index is -1.08. The molecule has 1 aromatic rings. The van der Waals surface area contributed by atoms with Crippen molar-refractivity contribution >= 4 is 78.7 Å². The Bertz CT molecular complexity index is 1270. The second kappa shape index (κ2) is 29.0. The first-order valence-corrected chi connectivity index (χ1v) is 19.3. The first-order valence-electron chi connectivity index (χ1n) is 15.0. The van der Waals surface area contributed by atoms with Gasteiger partial charge in [0.2, 0.25) is 11.8 Å². The van der Waals surface area contributed by atoms with Crippen LogP contribution < -0.4 is 33.6 Å². The summed E-state index contributed by atoms with van der Waals surface area (Å²) in [5.74, 6) is -2.57. The summed E-state index contributed by atoms with van der Waals surface area (Å²) in [5, 5.41) is 40.6. The van der Waals surface area contributed by atoms with Crippen molar-refractivity contribution in [3.8, 4) is 0 Å². The number of hydrogen-bond acceptors (Lipinski definition) is 13. The van der Waals surface area contributed by atoms with Crippen molar-refractivity contribution in [3.63, 3.8) is 0 Å². The van der Waals surface area contributed by atoms with Gasteiger partial charge in [0.15, 0.2) is 0 Å². The Balaban J connectivity index is 0. The Morgan fingerprint density at radius 3 is 1.84 bits per heavy atom. The number of amides is 2. The summed E-state index contributed by atoms with van der Waals surface area (Å²) in [4.78, 5) is 76.2. The van der Waals surface area contributed by atoms with Gasteiger partial charge in [-0.25, -0.2) is 19.6 Å². The Morgan fingerprint density at radius 2 is 1.46 bits per heavy atom. The van der Waals surface area contributed by atoms with Gasteiger partial charge in [-0.2, -0.15) is 0 Å². The van der Waals surface area contributed by atoms with E-state index in [9.17, 15) is 28.8 Å². The molecule has 0 saturated carbocycles. The number of carbonyl (C=O) groups excluding carboxylic acids is 2. The van der Waals surface area contributed by atoms with E-state index in [1.165, 1.54) is 6.34 Å². The number of hydrogen-bond donors (Lipinski definition) is 10. The molecular formula is C28H50N10O10Se2. The number of aliphatic imine (C=N–C) groups is 2. The second-order valence-corrected chi connectivity index (χ2v) is 13.1. The molecule has 0 aliphatic carbocycles. The number of carbonyl (C=O) groups is 6. The van der Waals surface area contributed by atoms with Crippen LogP contribution in [0, 0.1) is 0 Å². The number of aryl methyl sites for hydroxylation is 1. The summed E-state index contributed by atoms with van der Waals surface area (Å²) >= 11 is 2.68. The summed E-state index contributed by atoms with van der Waals surface area (Å²) in [5.41, 5.74) is 22.1. The van der Waals surface area contributed by atoms with Crippen LogP contribution in [0.3, 0.4) is 0 Å². The van der Waals surface area contributed by atoms with Crippen LogP contribution in [0.1, 0.15) is 37.8 Å². The number of nitrogens with two attached hydrogens (primary N) is 4. The van der Waals surface area contributed by atoms with E-state index in [4.69, 9.17) is 43.4 Å². The molecule has 3 unspecified atom stereocenters. The fourth-order valence-corrected chi connectivity index (χ4v) is 4.58. The number of imidazole rings is 1. The first-order chi connectivity index (χ1) is 23.5. The summed E-state index contributed by atoms with van der Waals surface area (Å²) in [6, 6.07) is -3.25. The third kappa shape index (κ3) is 24.4. The summed E-state index contributed by atoms with van der Waals surface area (Å²) in [7, 11) is 1.78. The van der Waals surface area contributed by atoms with Crippen molar-refractivity contribution in [2.75, 3.05) is 19.6 Å². The van der Waals surface area contributed by atoms with E-state index in [1.807, 2.05) is 0 Å². The Hall–Kier alpha value is -3.75. The molecule has 50 heavy (non-hydrogen) atoms. The second-order valence-electron chi connectivity index (χ2n) is 10.3. The largest absolute Gasteiger partial charge is 0.480 e. The van der Waals surface area contributed by atoms with Crippen LogP contribution in [0.15, 0.2) is 22.5 Å². The van der Waals surface area contributed by atoms with Crippen LogP contribution in [0.4, 0.5) is 0 Å². The van der Waals surface area contributed by atoms with Gasteiger partial charge in [0.05, 0.1) is 12.9 Å². The van der Waals surface area contributed by atoms with Gasteiger partial charge in [-0.15, -0.1) is 0 Å². The molecule has 0 saturated heterocycles. The van der Waals surface area contributed by atoms with E-state index in [1.54, 1.807) is 24.1 Å². The predicted molar refractivity (Wildman–Crippen MR) is 188 cm³/mol. The molecular weight excluding hydrogens is 794 g/mol. The van der Waals surface area contributed by atoms with Crippen molar-refractivity contribution in [1.29, 1.82) is 0 Å². The molecule has 14 N–H and O–H groups in total. The molecule has 0 bridgehead atoms. The summed E-state index contributed by atoms with van der Waals surface area (Å²) in [6.07, 6.45) is 6.46. The van der Waals surface area contributed by atoms with Crippen molar-refractivity contribution in [1.82, 2.24) is 20.2 Å². The van der Waals surface area contributed by atoms with E-state index in [0.29, 0.717) is 51.9 Å². The van der Waals surface area contributed by atoms with Gasteiger partial charge in [0.1, 0.15) is 18.4 Å². The normalized spacial score (nSPS) is 13.6. The molecule has 0 aromatic carbocycles. The molecule has 0 radical (unpaired) electrons. The van der Waals surface area contributed by atoms with Crippen LogP contribution in [0.25, 0.3) is 0 Å². The first kappa shape index (κ1) is 48.4. The SMILES string of the molecule is C[Se]CCC(N)C(=O)O.Cn1cncc1CC(NC(=O)CCCN)C(=O)O.NC(C[SeH])C(=O)O.NCCC(=O)N[C@H](CC1=NC=NC1)C(=O)O. The van der Waals surface area contributed by atoms with Gasteiger partial charge in [-0.1, -0.05) is 0 Å². The number of carboxylic acids is 4. The smallest absolute Gasteiger partial charge is 0.326 e. The zero-order valence-electron chi connectivity index (χ0n) is 28.0. The molecule has 1 aliphatic rings. The zero-order valence-corrected chi connectivity index (χ0v) is 31.6. The van der Waals surface area contributed by atoms with Crippen LogP contribution in [0.5, 0.6) is 0 Å². The fraction of sp³-hybridized carbons (Fsp3) is 0.607. The Labute approximate surface area is 304 Å². The molecule has 0 fully saturated rings. The van der Waals surface area contributed by atoms with Crippen molar-refractivity contribution in [2.45, 2.75) is 79.2 Å². The minimum Gasteiger partial charge on any atom is -0.480 e. The maximum atomic E-state index is 11.5. The van der Waals surface area contributed by atoms with Crippen LogP contribution in [-0.2, 0) is 42.2 Å². The van der Waals surface area contributed by atoms with Crippen molar-refractivity contribution in [2.24, 2.45) is 40.0 Å². The van der Waals surface area contributed by atoms with Crippen LogP contribution in [0.2, 0.25) is 16.5 Å². The van der Waals surface area contributed by atoms with Gasteiger partial charge >= 0.3 is 121 Å². The molecule has 1 aliphatic heterocycles. The Kier molecular flexibility index (Phi) is 28.1. The van der Waals surface area contributed by atoms with E-state index < -0.39 is 48.0 Å². The van der Waals surface area contributed by atoms with E-state index in [0.717, 1.165) is 11.0 Å².